The maximum absolute atomic E-state index is 12.4. The third-order valence-electron chi connectivity index (χ3n) is 3.31. The van der Waals surface area contributed by atoms with Crippen LogP contribution in [0.3, 0.4) is 0 Å². The molecular weight excluding hydrogens is 378 g/mol. The highest BCUT2D eigenvalue weighted by molar-refractivity contribution is 9.11. The third-order valence-corrected chi connectivity index (χ3v) is 4.92. The predicted octanol–water partition coefficient (Wildman–Crippen LogP) is 1.86. The number of carbonyl (C=O) groups excluding carboxylic acids is 2. The fraction of sp³-hybridized carbons (Fsp3) is 0.538. The van der Waals surface area contributed by atoms with E-state index < -0.39 is 0 Å². The van der Waals surface area contributed by atoms with Crippen LogP contribution >= 0.6 is 39.7 Å². The number of nitrogens with two attached hydrogens (primary N) is 1. The average molecular weight is 397 g/mol. The molecule has 0 aliphatic carbocycles. The Morgan fingerprint density at radius 1 is 1.48 bits per heavy atom. The molecule has 0 saturated carbocycles. The number of halogens is 2. The van der Waals surface area contributed by atoms with Gasteiger partial charge in [0.1, 0.15) is 0 Å². The van der Waals surface area contributed by atoms with Gasteiger partial charge in [-0.05, 0) is 40.9 Å². The summed E-state index contributed by atoms with van der Waals surface area (Å²) >= 11 is 4.78. The first-order chi connectivity index (χ1) is 9.61. The minimum Gasteiger partial charge on any atom is -0.355 e. The van der Waals surface area contributed by atoms with Gasteiger partial charge in [-0.3, -0.25) is 9.59 Å². The molecule has 1 unspecified atom stereocenters. The second kappa shape index (κ2) is 8.73. The molecular formula is C13H19BrClN3O2S. The van der Waals surface area contributed by atoms with Crippen LogP contribution in [0.4, 0.5) is 0 Å². The van der Waals surface area contributed by atoms with Gasteiger partial charge in [-0.2, -0.15) is 0 Å². The van der Waals surface area contributed by atoms with Crippen molar-refractivity contribution >= 4 is 51.5 Å². The van der Waals surface area contributed by atoms with E-state index in [4.69, 9.17) is 5.73 Å². The molecule has 21 heavy (non-hydrogen) atoms. The summed E-state index contributed by atoms with van der Waals surface area (Å²) in [6.07, 6.45) is 1.69. The summed E-state index contributed by atoms with van der Waals surface area (Å²) in [6.45, 7) is 2.13. The zero-order valence-corrected chi connectivity index (χ0v) is 14.7. The Morgan fingerprint density at radius 3 is 2.86 bits per heavy atom. The largest absolute Gasteiger partial charge is 0.355 e. The Balaban J connectivity index is 0.00000220. The van der Waals surface area contributed by atoms with E-state index >= 15 is 0 Å². The van der Waals surface area contributed by atoms with E-state index in [-0.39, 0.29) is 30.1 Å². The van der Waals surface area contributed by atoms with E-state index in [1.165, 1.54) is 11.3 Å². The number of piperidine rings is 1. The summed E-state index contributed by atoms with van der Waals surface area (Å²) in [6, 6.07) is 3.68. The summed E-state index contributed by atoms with van der Waals surface area (Å²) in [5, 5.41) is 2.80. The van der Waals surface area contributed by atoms with Crippen LogP contribution in [0.2, 0.25) is 0 Å². The lowest BCUT2D eigenvalue weighted by molar-refractivity contribution is -0.126. The molecule has 5 nitrogen and oxygen atoms in total. The average Bonchev–Trinajstić information content (AvgIpc) is 2.90. The molecule has 8 heteroatoms. The van der Waals surface area contributed by atoms with Gasteiger partial charge < -0.3 is 16.0 Å². The first-order valence-corrected chi connectivity index (χ1v) is 8.25. The van der Waals surface area contributed by atoms with E-state index in [1.54, 1.807) is 4.90 Å². The highest BCUT2D eigenvalue weighted by atomic mass is 79.9. The van der Waals surface area contributed by atoms with Crippen LogP contribution in [0.25, 0.3) is 0 Å². The van der Waals surface area contributed by atoms with Crippen molar-refractivity contribution in [1.82, 2.24) is 10.2 Å². The molecule has 3 N–H and O–H groups in total. The third kappa shape index (κ3) is 4.95. The second-order valence-electron chi connectivity index (χ2n) is 4.77. The van der Waals surface area contributed by atoms with Crippen molar-refractivity contribution in [1.29, 1.82) is 0 Å². The molecule has 2 rings (SSSR count). The van der Waals surface area contributed by atoms with Gasteiger partial charge in [0.05, 0.1) is 14.6 Å². The van der Waals surface area contributed by atoms with Crippen molar-refractivity contribution in [2.24, 2.45) is 11.7 Å². The van der Waals surface area contributed by atoms with Crippen LogP contribution in [0, 0.1) is 5.92 Å². The van der Waals surface area contributed by atoms with Crippen molar-refractivity contribution in [3.63, 3.8) is 0 Å². The van der Waals surface area contributed by atoms with Crippen LogP contribution in [-0.2, 0) is 4.79 Å². The van der Waals surface area contributed by atoms with Crippen molar-refractivity contribution in [3.05, 3.63) is 20.8 Å². The highest BCUT2D eigenvalue weighted by Gasteiger charge is 2.29. The Hall–Kier alpha value is -0.630. The van der Waals surface area contributed by atoms with Crippen LogP contribution < -0.4 is 11.1 Å². The smallest absolute Gasteiger partial charge is 0.263 e. The van der Waals surface area contributed by atoms with Gasteiger partial charge in [-0.25, -0.2) is 0 Å². The topological polar surface area (TPSA) is 75.4 Å². The number of carbonyl (C=O) groups is 2. The molecule has 0 radical (unpaired) electrons. The standard InChI is InChI=1S/C13H18BrN3O2S.ClH/c14-11-4-3-10(20-11)13(19)17-7-1-2-9(8-17)12(18)16-6-5-15;/h3-4,9H,1-2,5-8,15H2,(H,16,18);1H. The molecule has 1 saturated heterocycles. The minimum atomic E-state index is -0.123. The number of nitrogens with zero attached hydrogens (tertiary/aromatic N) is 1. The van der Waals surface area contributed by atoms with E-state index in [0.29, 0.717) is 24.5 Å². The Labute approximate surface area is 142 Å². The Morgan fingerprint density at radius 2 is 2.24 bits per heavy atom. The SMILES string of the molecule is Cl.NCCNC(=O)C1CCCN(C(=O)c2ccc(Br)s2)C1. The monoisotopic (exact) mass is 395 g/mol. The summed E-state index contributed by atoms with van der Waals surface area (Å²) in [5.41, 5.74) is 5.38. The number of thiophene rings is 1. The van der Waals surface area contributed by atoms with Crippen LogP contribution in [-0.4, -0.2) is 42.9 Å². The van der Waals surface area contributed by atoms with E-state index in [1.807, 2.05) is 12.1 Å². The minimum absolute atomic E-state index is 0. The summed E-state index contributed by atoms with van der Waals surface area (Å²) in [5.74, 6) is -0.111. The van der Waals surface area contributed by atoms with Crippen LogP contribution in [0.15, 0.2) is 15.9 Å². The molecule has 1 aliphatic heterocycles. The number of nitrogens with one attached hydrogen (secondary N) is 1. The summed E-state index contributed by atoms with van der Waals surface area (Å²) < 4.78 is 0.940. The van der Waals surface area contributed by atoms with Crippen molar-refractivity contribution in [3.8, 4) is 0 Å². The number of hydrogen-bond acceptors (Lipinski definition) is 4. The maximum atomic E-state index is 12.4. The van der Waals surface area contributed by atoms with Gasteiger partial charge in [-0.1, -0.05) is 0 Å². The van der Waals surface area contributed by atoms with E-state index in [0.717, 1.165) is 23.2 Å². The van der Waals surface area contributed by atoms with Gasteiger partial charge in [0.2, 0.25) is 5.91 Å². The first-order valence-electron chi connectivity index (χ1n) is 6.64. The number of rotatable bonds is 4. The predicted molar refractivity (Wildman–Crippen MR) is 90.0 cm³/mol. The molecule has 118 valence electrons. The van der Waals surface area contributed by atoms with Crippen molar-refractivity contribution in [2.45, 2.75) is 12.8 Å². The fourth-order valence-corrected chi connectivity index (χ4v) is 3.65. The molecule has 0 spiro atoms. The molecule has 0 bridgehead atoms. The second-order valence-corrected chi connectivity index (χ2v) is 7.24. The molecule has 0 aromatic carbocycles. The first kappa shape index (κ1) is 18.4. The van der Waals surface area contributed by atoms with Gasteiger partial charge >= 0.3 is 0 Å². The van der Waals surface area contributed by atoms with Gasteiger partial charge in [0.25, 0.3) is 5.91 Å². The summed E-state index contributed by atoms with van der Waals surface area (Å²) in [4.78, 5) is 26.8. The van der Waals surface area contributed by atoms with E-state index in [9.17, 15) is 9.59 Å². The number of hydrogen-bond donors (Lipinski definition) is 2. The Kier molecular flexibility index (Phi) is 7.65. The van der Waals surface area contributed by atoms with Gasteiger partial charge in [0, 0.05) is 26.2 Å². The quantitative estimate of drug-likeness (QED) is 0.815. The molecule has 2 amide bonds. The highest BCUT2D eigenvalue weighted by Crippen LogP contribution is 2.25. The summed E-state index contributed by atoms with van der Waals surface area (Å²) in [7, 11) is 0. The van der Waals surface area contributed by atoms with E-state index in [2.05, 4.69) is 21.2 Å². The van der Waals surface area contributed by atoms with Gasteiger partial charge in [-0.15, -0.1) is 23.7 Å². The fourth-order valence-electron chi connectivity index (χ4n) is 2.30. The Bertz CT molecular complexity index is 498. The van der Waals surface area contributed by atoms with Crippen molar-refractivity contribution < 1.29 is 9.59 Å². The lowest BCUT2D eigenvalue weighted by atomic mass is 9.97. The normalized spacial score (nSPS) is 18.0. The number of amides is 2. The zero-order chi connectivity index (χ0) is 14.5. The molecule has 1 aromatic rings. The lowest BCUT2D eigenvalue weighted by Crippen LogP contribution is -2.46. The molecule has 1 aromatic heterocycles. The maximum Gasteiger partial charge on any atom is 0.263 e. The van der Waals surface area contributed by atoms with Crippen LogP contribution in [0.1, 0.15) is 22.5 Å². The molecule has 1 aliphatic rings. The number of likely N-dealkylation sites (tertiary alicyclic amines) is 1. The van der Waals surface area contributed by atoms with Gasteiger partial charge in [0.15, 0.2) is 0 Å². The molecule has 1 fully saturated rings. The van der Waals surface area contributed by atoms with Crippen molar-refractivity contribution in [2.75, 3.05) is 26.2 Å². The van der Waals surface area contributed by atoms with Crippen LogP contribution in [0.5, 0.6) is 0 Å². The lowest BCUT2D eigenvalue weighted by Gasteiger charge is -2.31. The zero-order valence-electron chi connectivity index (χ0n) is 11.5. The molecule has 2 heterocycles. The molecule has 1 atom stereocenters.